The number of halogens is 3. The van der Waals surface area contributed by atoms with Crippen molar-refractivity contribution in [2.45, 2.75) is 39.1 Å². The Hall–Kier alpha value is -1.82. The normalized spacial score (nSPS) is 12.0. The number of pyridine rings is 1. The number of aryl methyl sites for hydroxylation is 1. The van der Waals surface area contributed by atoms with Gasteiger partial charge in [0.1, 0.15) is 0 Å². The number of hydrogen-bond acceptors (Lipinski definition) is 2. The van der Waals surface area contributed by atoms with Crippen molar-refractivity contribution in [2.75, 3.05) is 0 Å². The summed E-state index contributed by atoms with van der Waals surface area (Å²) in [6.07, 6.45) is -1.35. The molecule has 1 N–H and O–H groups in total. The molecule has 0 aliphatic heterocycles. The molecule has 1 aromatic heterocycles. The number of fused-ring (bicyclic) bond motifs is 1. The molecule has 0 aliphatic carbocycles. The average molecular weight is 299 g/mol. The van der Waals surface area contributed by atoms with E-state index in [0.29, 0.717) is 6.54 Å². The van der Waals surface area contributed by atoms with Crippen molar-refractivity contribution in [3.05, 3.63) is 45.7 Å². The first-order valence-corrected chi connectivity index (χ1v) is 6.72. The highest BCUT2D eigenvalue weighted by molar-refractivity contribution is 5.80. The van der Waals surface area contributed by atoms with Crippen LogP contribution in [0.25, 0.3) is 10.9 Å². The highest BCUT2D eigenvalue weighted by Gasteiger charge is 2.30. The van der Waals surface area contributed by atoms with Gasteiger partial charge in [0.15, 0.2) is 5.43 Å². The minimum atomic E-state index is -4.45. The Morgan fingerprint density at radius 2 is 2.00 bits per heavy atom. The molecule has 21 heavy (non-hydrogen) atoms. The third kappa shape index (κ3) is 3.10. The average Bonchev–Trinajstić information content (AvgIpc) is 2.45. The largest absolute Gasteiger partial charge is 0.416 e. The SMILES string of the molecule is CCCCn1cc(CO)c(=O)c2ccc(C(F)(F)F)cc21. The Bertz CT molecular complexity index is 704. The van der Waals surface area contributed by atoms with Gasteiger partial charge < -0.3 is 9.67 Å². The molecule has 0 amide bonds. The first-order valence-electron chi connectivity index (χ1n) is 6.72. The topological polar surface area (TPSA) is 42.2 Å². The van der Waals surface area contributed by atoms with Crippen molar-refractivity contribution in [3.63, 3.8) is 0 Å². The Balaban J connectivity index is 2.72. The van der Waals surface area contributed by atoms with E-state index >= 15 is 0 Å². The highest BCUT2D eigenvalue weighted by atomic mass is 19.4. The molecule has 0 saturated carbocycles. The second kappa shape index (κ2) is 5.89. The number of alkyl halides is 3. The van der Waals surface area contributed by atoms with Crippen LogP contribution in [0, 0.1) is 0 Å². The van der Waals surface area contributed by atoms with Gasteiger partial charge in [-0.05, 0) is 24.6 Å². The summed E-state index contributed by atoms with van der Waals surface area (Å²) in [7, 11) is 0. The third-order valence-electron chi connectivity index (χ3n) is 3.41. The summed E-state index contributed by atoms with van der Waals surface area (Å²) in [6, 6.07) is 3.07. The lowest BCUT2D eigenvalue weighted by Gasteiger charge is -2.14. The van der Waals surface area contributed by atoms with E-state index < -0.39 is 23.8 Å². The maximum atomic E-state index is 12.8. The lowest BCUT2D eigenvalue weighted by atomic mass is 10.1. The summed E-state index contributed by atoms with van der Waals surface area (Å²) >= 11 is 0. The van der Waals surface area contributed by atoms with E-state index in [4.69, 9.17) is 0 Å². The van der Waals surface area contributed by atoms with Gasteiger partial charge in [0.05, 0.1) is 17.7 Å². The maximum Gasteiger partial charge on any atom is 0.416 e. The van der Waals surface area contributed by atoms with Crippen LogP contribution in [-0.2, 0) is 19.3 Å². The summed E-state index contributed by atoms with van der Waals surface area (Å²) < 4.78 is 40.1. The van der Waals surface area contributed by atoms with E-state index in [-0.39, 0.29) is 16.5 Å². The van der Waals surface area contributed by atoms with E-state index in [1.807, 2.05) is 6.92 Å². The van der Waals surface area contributed by atoms with Gasteiger partial charge in [-0.1, -0.05) is 13.3 Å². The quantitative estimate of drug-likeness (QED) is 0.941. The first-order chi connectivity index (χ1) is 9.88. The molecule has 6 heteroatoms. The monoisotopic (exact) mass is 299 g/mol. The fraction of sp³-hybridized carbons (Fsp3) is 0.400. The van der Waals surface area contributed by atoms with E-state index in [9.17, 15) is 23.1 Å². The highest BCUT2D eigenvalue weighted by Crippen LogP contribution is 2.31. The molecular formula is C15H16F3NO2. The molecule has 2 rings (SSSR count). The van der Waals surface area contributed by atoms with Gasteiger partial charge in [0.2, 0.25) is 0 Å². The number of unbranched alkanes of at least 4 members (excludes halogenated alkanes) is 1. The predicted octanol–water partition coefficient (Wildman–Crippen LogP) is 3.31. The van der Waals surface area contributed by atoms with Gasteiger partial charge in [-0.2, -0.15) is 13.2 Å². The van der Waals surface area contributed by atoms with Crippen LogP contribution in [0.15, 0.2) is 29.2 Å². The first kappa shape index (κ1) is 15.6. The van der Waals surface area contributed by atoms with E-state index in [1.54, 1.807) is 4.57 Å². The Kier molecular flexibility index (Phi) is 4.37. The third-order valence-corrected chi connectivity index (χ3v) is 3.41. The second-order valence-corrected chi connectivity index (χ2v) is 4.92. The molecule has 0 atom stereocenters. The molecule has 0 fully saturated rings. The Morgan fingerprint density at radius 1 is 1.29 bits per heavy atom. The zero-order chi connectivity index (χ0) is 15.6. The molecule has 0 saturated heterocycles. The Labute approximate surface area is 119 Å². The van der Waals surface area contributed by atoms with Crippen LogP contribution in [0.1, 0.15) is 30.9 Å². The molecule has 0 aliphatic rings. The summed E-state index contributed by atoms with van der Waals surface area (Å²) in [5.41, 5.74) is -0.760. The second-order valence-electron chi connectivity index (χ2n) is 4.92. The van der Waals surface area contributed by atoms with E-state index in [1.165, 1.54) is 12.3 Å². The minimum Gasteiger partial charge on any atom is -0.391 e. The molecule has 1 aromatic carbocycles. The standard InChI is InChI=1S/C15H16F3NO2/c1-2-3-6-19-8-10(9-20)14(21)12-5-4-11(7-13(12)19)15(16,17)18/h4-5,7-8,20H,2-3,6,9H2,1H3. The summed E-state index contributed by atoms with van der Waals surface area (Å²) in [4.78, 5) is 12.1. The molecule has 0 radical (unpaired) electrons. The number of hydrogen-bond donors (Lipinski definition) is 1. The van der Waals surface area contributed by atoms with Crippen LogP contribution in [0.5, 0.6) is 0 Å². The van der Waals surface area contributed by atoms with Crippen molar-refractivity contribution in [1.29, 1.82) is 0 Å². The van der Waals surface area contributed by atoms with Crippen LogP contribution in [-0.4, -0.2) is 9.67 Å². The fourth-order valence-electron chi connectivity index (χ4n) is 2.25. The van der Waals surface area contributed by atoms with Crippen LogP contribution in [0.2, 0.25) is 0 Å². The molecule has 0 spiro atoms. The number of rotatable bonds is 4. The number of nitrogens with zero attached hydrogens (tertiary/aromatic N) is 1. The zero-order valence-electron chi connectivity index (χ0n) is 11.6. The lowest BCUT2D eigenvalue weighted by Crippen LogP contribution is -2.16. The molecule has 0 bridgehead atoms. The molecule has 114 valence electrons. The lowest BCUT2D eigenvalue weighted by molar-refractivity contribution is -0.137. The number of aliphatic hydroxyl groups excluding tert-OH is 1. The number of aromatic nitrogens is 1. The maximum absolute atomic E-state index is 12.8. The van der Waals surface area contributed by atoms with Crippen LogP contribution in [0.4, 0.5) is 13.2 Å². The number of benzene rings is 1. The van der Waals surface area contributed by atoms with Crippen molar-refractivity contribution in [1.82, 2.24) is 4.57 Å². The van der Waals surface area contributed by atoms with Crippen LogP contribution in [0.3, 0.4) is 0 Å². The summed E-state index contributed by atoms with van der Waals surface area (Å²) in [5, 5.41) is 9.42. The molecule has 1 heterocycles. The van der Waals surface area contributed by atoms with Crippen molar-refractivity contribution in [3.8, 4) is 0 Å². The van der Waals surface area contributed by atoms with Gasteiger partial charge in [0, 0.05) is 23.7 Å². The van der Waals surface area contributed by atoms with E-state index in [0.717, 1.165) is 25.0 Å². The fourth-order valence-corrected chi connectivity index (χ4v) is 2.25. The molecule has 3 nitrogen and oxygen atoms in total. The number of aliphatic hydroxyl groups is 1. The van der Waals surface area contributed by atoms with Crippen LogP contribution >= 0.6 is 0 Å². The molecule has 2 aromatic rings. The van der Waals surface area contributed by atoms with Gasteiger partial charge in [0.25, 0.3) is 0 Å². The summed E-state index contributed by atoms with van der Waals surface area (Å²) in [6.45, 7) is 2.04. The van der Waals surface area contributed by atoms with Crippen molar-refractivity contribution < 1.29 is 18.3 Å². The Morgan fingerprint density at radius 3 is 2.57 bits per heavy atom. The van der Waals surface area contributed by atoms with Gasteiger partial charge in [-0.15, -0.1) is 0 Å². The molecule has 0 unspecified atom stereocenters. The van der Waals surface area contributed by atoms with Crippen molar-refractivity contribution in [2.24, 2.45) is 0 Å². The van der Waals surface area contributed by atoms with Gasteiger partial charge in [-0.25, -0.2) is 0 Å². The van der Waals surface area contributed by atoms with Crippen LogP contribution < -0.4 is 5.43 Å². The van der Waals surface area contributed by atoms with Gasteiger partial charge in [-0.3, -0.25) is 4.79 Å². The minimum absolute atomic E-state index is 0.193. The van der Waals surface area contributed by atoms with E-state index in [2.05, 4.69) is 0 Å². The van der Waals surface area contributed by atoms with Gasteiger partial charge >= 0.3 is 6.18 Å². The molecular weight excluding hydrogens is 283 g/mol. The zero-order valence-corrected chi connectivity index (χ0v) is 11.6. The summed E-state index contributed by atoms with van der Waals surface area (Å²) in [5.74, 6) is 0. The smallest absolute Gasteiger partial charge is 0.391 e. The predicted molar refractivity (Wildman–Crippen MR) is 74.0 cm³/mol. The van der Waals surface area contributed by atoms with Crippen molar-refractivity contribution >= 4 is 10.9 Å².